The van der Waals surface area contributed by atoms with Crippen molar-refractivity contribution in [1.29, 1.82) is 0 Å². The normalized spacial score (nSPS) is 11.9. The summed E-state index contributed by atoms with van der Waals surface area (Å²) in [4.78, 5) is 12.1. The first-order valence-corrected chi connectivity index (χ1v) is 8.31. The number of hydrogen-bond acceptors (Lipinski definition) is 6. The van der Waals surface area contributed by atoms with Crippen molar-refractivity contribution in [2.24, 2.45) is 0 Å². The Morgan fingerprint density at radius 3 is 2.90 bits per heavy atom. The molecule has 2 rings (SSSR count). The van der Waals surface area contributed by atoms with E-state index in [1.807, 2.05) is 31.2 Å². The van der Waals surface area contributed by atoms with Crippen molar-refractivity contribution in [3.05, 3.63) is 28.7 Å². The molecule has 0 saturated heterocycles. The fourth-order valence-corrected chi connectivity index (χ4v) is 3.62. The van der Waals surface area contributed by atoms with E-state index in [0.717, 1.165) is 19.6 Å². The van der Waals surface area contributed by atoms with Gasteiger partial charge in [0.15, 0.2) is 4.34 Å². The molecule has 8 heteroatoms. The zero-order valence-corrected chi connectivity index (χ0v) is 14.1. The van der Waals surface area contributed by atoms with Crippen LogP contribution in [0.15, 0.2) is 33.1 Å². The Labute approximate surface area is 133 Å². The number of halogens is 1. The molecule has 20 heavy (non-hydrogen) atoms. The number of amides is 1. The number of carbonyl (C=O) groups excluding carboxylic acids is 1. The minimum absolute atomic E-state index is 0.0608. The van der Waals surface area contributed by atoms with Gasteiger partial charge in [0.1, 0.15) is 0 Å². The van der Waals surface area contributed by atoms with E-state index >= 15 is 0 Å². The Morgan fingerprint density at radius 2 is 2.25 bits per heavy atom. The van der Waals surface area contributed by atoms with Gasteiger partial charge in [-0.3, -0.25) is 4.79 Å². The maximum Gasteiger partial charge on any atom is 0.237 e. The molecule has 106 valence electrons. The van der Waals surface area contributed by atoms with E-state index in [0.29, 0.717) is 0 Å². The zero-order valence-electron chi connectivity index (χ0n) is 10.9. The number of anilines is 2. The van der Waals surface area contributed by atoms with Crippen LogP contribution in [-0.4, -0.2) is 28.4 Å². The molecule has 0 aliphatic rings. The summed E-state index contributed by atoms with van der Waals surface area (Å²) in [6.45, 7) is 1.85. The third kappa shape index (κ3) is 4.19. The summed E-state index contributed by atoms with van der Waals surface area (Å²) < 4.78 is 1.70. The van der Waals surface area contributed by atoms with Crippen molar-refractivity contribution in [3.8, 4) is 0 Å². The molecule has 0 aliphatic carbocycles. The van der Waals surface area contributed by atoms with Gasteiger partial charge >= 0.3 is 0 Å². The average molecular weight is 373 g/mol. The predicted molar refractivity (Wildman–Crippen MR) is 87.5 cm³/mol. The molecule has 1 aromatic heterocycles. The smallest absolute Gasteiger partial charge is 0.237 e. The van der Waals surface area contributed by atoms with Gasteiger partial charge in [-0.15, -0.1) is 10.2 Å². The van der Waals surface area contributed by atoms with Crippen LogP contribution in [0.2, 0.25) is 0 Å². The second-order valence-electron chi connectivity index (χ2n) is 3.88. The largest absolute Gasteiger partial charge is 0.363 e. The quantitative estimate of drug-likeness (QED) is 0.786. The lowest BCUT2D eigenvalue weighted by atomic mass is 10.3. The van der Waals surface area contributed by atoms with Crippen LogP contribution in [0, 0.1) is 0 Å². The van der Waals surface area contributed by atoms with Crippen molar-refractivity contribution in [3.63, 3.8) is 0 Å². The van der Waals surface area contributed by atoms with Crippen LogP contribution in [0.25, 0.3) is 0 Å². The van der Waals surface area contributed by atoms with Gasteiger partial charge < -0.3 is 10.6 Å². The van der Waals surface area contributed by atoms with Crippen LogP contribution in [0.5, 0.6) is 0 Å². The van der Waals surface area contributed by atoms with E-state index in [9.17, 15) is 4.79 Å². The molecule has 0 spiro atoms. The minimum atomic E-state index is -0.244. The third-order valence-electron chi connectivity index (χ3n) is 2.36. The zero-order chi connectivity index (χ0) is 14.5. The van der Waals surface area contributed by atoms with Gasteiger partial charge in [-0.25, -0.2) is 0 Å². The minimum Gasteiger partial charge on any atom is -0.363 e. The number of benzene rings is 1. The van der Waals surface area contributed by atoms with Crippen molar-refractivity contribution in [2.45, 2.75) is 16.5 Å². The lowest BCUT2D eigenvalue weighted by Crippen LogP contribution is -2.22. The van der Waals surface area contributed by atoms with Crippen LogP contribution in [0.1, 0.15) is 6.92 Å². The first-order chi connectivity index (χ1) is 9.58. The highest BCUT2D eigenvalue weighted by atomic mass is 79.9. The Bertz CT molecular complexity index is 605. The van der Waals surface area contributed by atoms with E-state index < -0.39 is 0 Å². The molecule has 0 radical (unpaired) electrons. The first-order valence-electron chi connectivity index (χ1n) is 5.83. The lowest BCUT2D eigenvalue weighted by molar-refractivity contribution is -0.115. The summed E-state index contributed by atoms with van der Waals surface area (Å²) >= 11 is 6.20. The molecule has 2 N–H and O–H groups in total. The van der Waals surface area contributed by atoms with Gasteiger partial charge in [-0.1, -0.05) is 45.1 Å². The molecule has 1 aromatic carbocycles. The van der Waals surface area contributed by atoms with E-state index in [1.54, 1.807) is 7.05 Å². The maximum atomic E-state index is 12.1. The summed E-state index contributed by atoms with van der Waals surface area (Å²) in [7, 11) is 1.79. The number of aromatic nitrogens is 2. The predicted octanol–water partition coefficient (Wildman–Crippen LogP) is 3.46. The Balaban J connectivity index is 1.95. The van der Waals surface area contributed by atoms with Gasteiger partial charge in [-0.05, 0) is 25.1 Å². The third-order valence-corrected chi connectivity index (χ3v) is 4.98. The van der Waals surface area contributed by atoms with E-state index in [-0.39, 0.29) is 11.2 Å². The number of nitrogens with one attached hydrogen (secondary N) is 2. The highest BCUT2D eigenvalue weighted by Gasteiger charge is 2.17. The van der Waals surface area contributed by atoms with Gasteiger partial charge in [-0.2, -0.15) is 0 Å². The highest BCUT2D eigenvalue weighted by Crippen LogP contribution is 2.29. The number of carbonyl (C=O) groups is 1. The molecular formula is C12H13BrN4OS2. The Kier molecular flexibility index (Phi) is 5.38. The molecule has 0 unspecified atom stereocenters. The molecular weight excluding hydrogens is 360 g/mol. The average Bonchev–Trinajstić information content (AvgIpc) is 2.86. The van der Waals surface area contributed by atoms with Crippen molar-refractivity contribution in [2.75, 3.05) is 17.7 Å². The number of rotatable bonds is 5. The molecule has 1 atom stereocenters. The Morgan fingerprint density at radius 1 is 1.45 bits per heavy atom. The summed E-state index contributed by atoms with van der Waals surface area (Å²) in [5, 5.41) is 14.2. The Hall–Kier alpha value is -1.12. The first kappa shape index (κ1) is 15.3. The molecule has 0 aliphatic heterocycles. The molecule has 5 nitrogen and oxygen atoms in total. The van der Waals surface area contributed by atoms with Gasteiger partial charge in [0.05, 0.1) is 5.25 Å². The fourth-order valence-electron chi connectivity index (χ4n) is 1.37. The topological polar surface area (TPSA) is 66.9 Å². The van der Waals surface area contributed by atoms with Crippen molar-refractivity contribution in [1.82, 2.24) is 10.2 Å². The molecule has 0 saturated carbocycles. The molecule has 2 aromatic rings. The van der Waals surface area contributed by atoms with E-state index in [2.05, 4.69) is 36.8 Å². The van der Waals surface area contributed by atoms with Crippen LogP contribution in [-0.2, 0) is 4.79 Å². The SMILES string of the molecule is CNc1nnc(S[C@H](C)C(=O)Nc2cccc(Br)c2)s1. The van der Waals surface area contributed by atoms with Crippen LogP contribution in [0.4, 0.5) is 10.8 Å². The number of nitrogens with zero attached hydrogens (tertiary/aromatic N) is 2. The maximum absolute atomic E-state index is 12.1. The summed E-state index contributed by atoms with van der Waals surface area (Å²) in [6.07, 6.45) is 0. The highest BCUT2D eigenvalue weighted by molar-refractivity contribution is 9.10. The van der Waals surface area contributed by atoms with Crippen molar-refractivity contribution >= 4 is 55.8 Å². The summed E-state index contributed by atoms with van der Waals surface area (Å²) in [5.74, 6) is -0.0608. The van der Waals surface area contributed by atoms with Crippen LogP contribution in [0.3, 0.4) is 0 Å². The molecule has 0 bridgehead atoms. The molecule has 1 amide bonds. The van der Waals surface area contributed by atoms with Crippen molar-refractivity contribution < 1.29 is 4.79 Å². The van der Waals surface area contributed by atoms with E-state index in [4.69, 9.17) is 0 Å². The number of thioether (sulfide) groups is 1. The van der Waals surface area contributed by atoms with Crippen LogP contribution < -0.4 is 10.6 Å². The second kappa shape index (κ2) is 7.05. The summed E-state index contributed by atoms with van der Waals surface area (Å²) in [6, 6.07) is 7.50. The monoisotopic (exact) mass is 372 g/mol. The van der Waals surface area contributed by atoms with Gasteiger partial charge in [0, 0.05) is 17.2 Å². The standard InChI is InChI=1S/C12H13BrN4OS2/c1-7(19-12-17-16-11(14-2)20-12)10(18)15-9-5-3-4-8(13)6-9/h3-7H,1-2H3,(H,14,16)(H,15,18)/t7-/m1/s1. The van der Waals surface area contributed by atoms with Gasteiger partial charge in [0.2, 0.25) is 11.0 Å². The van der Waals surface area contributed by atoms with E-state index in [1.165, 1.54) is 23.1 Å². The van der Waals surface area contributed by atoms with Crippen LogP contribution >= 0.6 is 39.0 Å². The molecule has 0 fully saturated rings. The van der Waals surface area contributed by atoms with Gasteiger partial charge in [0.25, 0.3) is 0 Å². The molecule has 1 heterocycles. The lowest BCUT2D eigenvalue weighted by Gasteiger charge is -2.10. The fraction of sp³-hybridized carbons (Fsp3) is 0.250. The second-order valence-corrected chi connectivity index (χ2v) is 7.36. The summed E-state index contributed by atoms with van der Waals surface area (Å²) in [5.41, 5.74) is 0.769. The number of hydrogen-bond donors (Lipinski definition) is 2.